The average molecular weight is 472 g/mol. The highest BCUT2D eigenvalue weighted by Gasteiger charge is 2.41. The van der Waals surface area contributed by atoms with Gasteiger partial charge >= 0.3 is 0 Å². The lowest BCUT2D eigenvalue weighted by atomic mass is 9.81. The average Bonchev–Trinajstić information content (AvgIpc) is 2.86. The van der Waals surface area contributed by atoms with E-state index in [-0.39, 0.29) is 11.8 Å². The van der Waals surface area contributed by atoms with Gasteiger partial charge in [0.2, 0.25) is 17.7 Å². The molecule has 3 atom stereocenters. The van der Waals surface area contributed by atoms with Gasteiger partial charge in [-0.05, 0) is 48.9 Å². The zero-order valence-electron chi connectivity index (χ0n) is 18.7. The SMILES string of the molecule is CC[C@H](C(=O)NO)[C@H](C(=O)N1CCCC[C@H]1C(=O)NCc1ccccc1)c1ccc(Cl)cc1. The number of hydrogen-bond donors (Lipinski definition) is 3. The maximum atomic E-state index is 13.8. The molecule has 1 fully saturated rings. The second-order valence-electron chi connectivity index (χ2n) is 8.27. The molecule has 8 heteroatoms. The van der Waals surface area contributed by atoms with Crippen LogP contribution < -0.4 is 10.8 Å². The highest BCUT2D eigenvalue weighted by molar-refractivity contribution is 6.30. The van der Waals surface area contributed by atoms with E-state index in [1.54, 1.807) is 41.6 Å². The van der Waals surface area contributed by atoms with Crippen LogP contribution in [0.25, 0.3) is 0 Å². The van der Waals surface area contributed by atoms with Gasteiger partial charge in [-0.15, -0.1) is 0 Å². The van der Waals surface area contributed by atoms with Gasteiger partial charge in [0, 0.05) is 18.1 Å². The first kappa shape index (κ1) is 24.7. The third kappa shape index (κ3) is 6.12. The van der Waals surface area contributed by atoms with E-state index in [4.69, 9.17) is 11.6 Å². The normalized spacial score (nSPS) is 17.7. The topological polar surface area (TPSA) is 98.7 Å². The standard InChI is InChI=1S/C25H30ClN3O4/c1-2-20(23(30)28-33)22(18-11-13-19(26)14-12-18)25(32)29-15-7-6-10-21(29)24(31)27-16-17-8-4-3-5-9-17/h3-5,8-9,11-14,20-22,33H,2,6-7,10,15-16H2,1H3,(H,27,31)(H,28,30)/t20-,21-,22+/m0/s1. The second kappa shape index (κ2) is 11.8. The minimum absolute atomic E-state index is 0.207. The zero-order chi connectivity index (χ0) is 23.8. The molecule has 0 saturated carbocycles. The summed E-state index contributed by atoms with van der Waals surface area (Å²) in [6.07, 6.45) is 2.52. The lowest BCUT2D eigenvalue weighted by molar-refractivity contribution is -0.147. The minimum atomic E-state index is -0.845. The number of hydrogen-bond acceptors (Lipinski definition) is 4. The first-order chi connectivity index (χ1) is 16.0. The second-order valence-corrected chi connectivity index (χ2v) is 8.70. The van der Waals surface area contributed by atoms with Crippen LogP contribution >= 0.6 is 11.6 Å². The van der Waals surface area contributed by atoms with Crippen molar-refractivity contribution in [2.75, 3.05) is 6.54 Å². The Bertz CT molecular complexity index is 952. The molecule has 0 bridgehead atoms. The van der Waals surface area contributed by atoms with Crippen LogP contribution in [0.1, 0.15) is 49.7 Å². The van der Waals surface area contributed by atoms with Crippen molar-refractivity contribution in [2.45, 2.75) is 51.1 Å². The Hall–Kier alpha value is -2.90. The van der Waals surface area contributed by atoms with Crippen LogP contribution in [0.4, 0.5) is 0 Å². The van der Waals surface area contributed by atoms with Crippen molar-refractivity contribution in [3.63, 3.8) is 0 Å². The fraction of sp³-hybridized carbons (Fsp3) is 0.400. The highest BCUT2D eigenvalue weighted by atomic mass is 35.5. The summed E-state index contributed by atoms with van der Waals surface area (Å²) in [6, 6.07) is 15.7. The molecule has 176 valence electrons. The maximum Gasteiger partial charge on any atom is 0.247 e. The number of benzene rings is 2. The van der Waals surface area contributed by atoms with Crippen LogP contribution in [0.3, 0.4) is 0 Å². The van der Waals surface area contributed by atoms with Crippen molar-refractivity contribution in [1.82, 2.24) is 15.7 Å². The zero-order valence-corrected chi connectivity index (χ0v) is 19.4. The lowest BCUT2D eigenvalue weighted by Crippen LogP contribution is -2.54. The predicted octanol–water partition coefficient (Wildman–Crippen LogP) is 3.65. The van der Waals surface area contributed by atoms with Crippen molar-refractivity contribution in [2.24, 2.45) is 5.92 Å². The smallest absolute Gasteiger partial charge is 0.247 e. The van der Waals surface area contributed by atoms with Crippen molar-refractivity contribution < 1.29 is 19.6 Å². The third-order valence-electron chi connectivity index (χ3n) is 6.18. The van der Waals surface area contributed by atoms with Crippen molar-refractivity contribution in [1.29, 1.82) is 0 Å². The van der Waals surface area contributed by atoms with Crippen LogP contribution in [0.5, 0.6) is 0 Å². The molecule has 7 nitrogen and oxygen atoms in total. The summed E-state index contributed by atoms with van der Waals surface area (Å²) in [7, 11) is 0. The van der Waals surface area contributed by atoms with Crippen LogP contribution in [0.15, 0.2) is 54.6 Å². The van der Waals surface area contributed by atoms with Gasteiger partial charge in [-0.2, -0.15) is 0 Å². The van der Waals surface area contributed by atoms with Gasteiger partial charge in [0.25, 0.3) is 0 Å². The summed E-state index contributed by atoms with van der Waals surface area (Å²) in [4.78, 5) is 41.0. The van der Waals surface area contributed by atoms with Gasteiger partial charge in [-0.3, -0.25) is 19.6 Å². The number of rotatable bonds is 8. The Balaban J connectivity index is 1.86. The largest absolute Gasteiger partial charge is 0.350 e. The Morgan fingerprint density at radius 2 is 1.79 bits per heavy atom. The van der Waals surface area contributed by atoms with Gasteiger partial charge in [-0.1, -0.05) is 61.0 Å². The lowest BCUT2D eigenvalue weighted by Gasteiger charge is -2.38. The number of piperidine rings is 1. The third-order valence-corrected chi connectivity index (χ3v) is 6.43. The van der Waals surface area contributed by atoms with Crippen LogP contribution in [-0.4, -0.2) is 40.4 Å². The first-order valence-corrected chi connectivity index (χ1v) is 11.7. The van der Waals surface area contributed by atoms with Gasteiger partial charge in [0.05, 0.1) is 11.8 Å². The molecule has 0 aromatic heterocycles. The van der Waals surface area contributed by atoms with E-state index in [0.29, 0.717) is 36.5 Å². The molecule has 1 saturated heterocycles. The summed E-state index contributed by atoms with van der Waals surface area (Å²) in [5.74, 6) is -2.78. The Labute approximate surface area is 199 Å². The van der Waals surface area contributed by atoms with Crippen LogP contribution in [0.2, 0.25) is 5.02 Å². The Kier molecular flexibility index (Phi) is 8.86. The number of carbonyl (C=O) groups is 3. The van der Waals surface area contributed by atoms with Gasteiger partial charge in [0.15, 0.2) is 0 Å². The number of likely N-dealkylation sites (tertiary alicyclic amines) is 1. The fourth-order valence-electron chi connectivity index (χ4n) is 4.42. The molecule has 33 heavy (non-hydrogen) atoms. The van der Waals surface area contributed by atoms with E-state index in [0.717, 1.165) is 18.4 Å². The van der Waals surface area contributed by atoms with Crippen molar-refractivity contribution >= 4 is 29.3 Å². The molecule has 3 rings (SSSR count). The Morgan fingerprint density at radius 1 is 1.09 bits per heavy atom. The van der Waals surface area contributed by atoms with E-state index in [9.17, 15) is 19.6 Å². The van der Waals surface area contributed by atoms with Crippen molar-refractivity contribution in [3.8, 4) is 0 Å². The highest BCUT2D eigenvalue weighted by Crippen LogP contribution is 2.33. The van der Waals surface area contributed by atoms with Gasteiger partial charge in [-0.25, -0.2) is 5.48 Å². The van der Waals surface area contributed by atoms with Gasteiger partial charge in [0.1, 0.15) is 6.04 Å². The molecule has 0 radical (unpaired) electrons. The predicted molar refractivity (Wildman–Crippen MR) is 126 cm³/mol. The molecule has 3 N–H and O–H groups in total. The quantitative estimate of drug-likeness (QED) is 0.404. The molecule has 2 aromatic carbocycles. The number of nitrogens with zero attached hydrogens (tertiary/aromatic N) is 1. The summed E-state index contributed by atoms with van der Waals surface area (Å²) in [5, 5.41) is 12.7. The first-order valence-electron chi connectivity index (χ1n) is 11.3. The monoisotopic (exact) mass is 471 g/mol. The summed E-state index contributed by atoms with van der Waals surface area (Å²) in [5.41, 5.74) is 3.29. The molecule has 0 spiro atoms. The van der Waals surface area contributed by atoms with Gasteiger partial charge < -0.3 is 10.2 Å². The Morgan fingerprint density at radius 3 is 2.42 bits per heavy atom. The van der Waals surface area contributed by atoms with Crippen LogP contribution in [0, 0.1) is 5.92 Å². The molecule has 1 heterocycles. The number of hydroxylamine groups is 1. The molecule has 1 aliphatic heterocycles. The fourth-order valence-corrected chi connectivity index (χ4v) is 4.55. The molecule has 2 aromatic rings. The number of nitrogens with one attached hydrogen (secondary N) is 2. The van der Waals surface area contributed by atoms with E-state index < -0.39 is 23.8 Å². The number of amides is 3. The summed E-state index contributed by atoms with van der Waals surface area (Å²) in [6.45, 7) is 2.60. The van der Waals surface area contributed by atoms with E-state index in [1.807, 2.05) is 30.3 Å². The molecular weight excluding hydrogens is 442 g/mol. The molecule has 0 unspecified atom stereocenters. The molecule has 3 amide bonds. The van der Waals surface area contributed by atoms with Crippen molar-refractivity contribution in [3.05, 3.63) is 70.7 Å². The summed E-state index contributed by atoms with van der Waals surface area (Å²) >= 11 is 6.03. The van der Waals surface area contributed by atoms with E-state index in [1.165, 1.54) is 0 Å². The summed E-state index contributed by atoms with van der Waals surface area (Å²) < 4.78 is 0. The number of carbonyl (C=O) groups excluding carboxylic acids is 3. The molecule has 0 aliphatic carbocycles. The number of halogens is 1. The minimum Gasteiger partial charge on any atom is -0.350 e. The van der Waals surface area contributed by atoms with E-state index in [2.05, 4.69) is 5.32 Å². The molecule has 1 aliphatic rings. The van der Waals surface area contributed by atoms with E-state index >= 15 is 0 Å². The maximum absolute atomic E-state index is 13.8. The van der Waals surface area contributed by atoms with Crippen LogP contribution in [-0.2, 0) is 20.9 Å². The molecular formula is C25H30ClN3O4.